The van der Waals surface area contributed by atoms with Gasteiger partial charge < -0.3 is 10.1 Å². The molecule has 17 heavy (non-hydrogen) atoms. The summed E-state index contributed by atoms with van der Waals surface area (Å²) in [7, 11) is 0. The lowest BCUT2D eigenvalue weighted by Gasteiger charge is -2.23. The number of ether oxygens (including phenoxy) is 1. The minimum absolute atomic E-state index is 0.0981. The minimum atomic E-state index is -0.490. The molecule has 1 aromatic carbocycles. The second kappa shape index (κ2) is 5.21. The average Bonchev–Trinajstić information content (AvgIpc) is 2.14. The monoisotopic (exact) mass is 235 g/mol. The zero-order valence-electron chi connectivity index (χ0n) is 11.2. The van der Waals surface area contributed by atoms with Gasteiger partial charge in [0.15, 0.2) is 6.10 Å². The molecule has 0 aromatic heterocycles. The summed E-state index contributed by atoms with van der Waals surface area (Å²) in [4.78, 5) is 11.8. The van der Waals surface area contributed by atoms with Gasteiger partial charge in [0.05, 0.1) is 0 Å². The van der Waals surface area contributed by atoms with E-state index in [0.717, 1.165) is 11.3 Å². The number of carbonyl (C=O) groups excluding carboxylic acids is 1. The molecule has 3 nitrogen and oxygen atoms in total. The summed E-state index contributed by atoms with van der Waals surface area (Å²) < 4.78 is 5.59. The summed E-state index contributed by atoms with van der Waals surface area (Å²) >= 11 is 0. The van der Waals surface area contributed by atoms with Crippen molar-refractivity contribution in [2.75, 3.05) is 0 Å². The molecule has 0 fully saturated rings. The van der Waals surface area contributed by atoms with E-state index in [1.165, 1.54) is 0 Å². The van der Waals surface area contributed by atoms with E-state index >= 15 is 0 Å². The summed E-state index contributed by atoms with van der Waals surface area (Å²) in [5.41, 5.74) is 0.882. The topological polar surface area (TPSA) is 38.3 Å². The molecule has 0 bridgehead atoms. The molecule has 3 heteroatoms. The van der Waals surface area contributed by atoms with Crippen LogP contribution in [0.25, 0.3) is 0 Å². The van der Waals surface area contributed by atoms with Crippen LogP contribution in [0.4, 0.5) is 0 Å². The molecule has 0 spiro atoms. The van der Waals surface area contributed by atoms with Crippen LogP contribution in [0.15, 0.2) is 24.3 Å². The van der Waals surface area contributed by atoms with Crippen molar-refractivity contribution in [2.45, 2.75) is 46.3 Å². The summed E-state index contributed by atoms with van der Waals surface area (Å²) in [6.07, 6.45) is -0.490. The number of carbonyl (C=O) groups is 1. The average molecular weight is 235 g/mol. The van der Waals surface area contributed by atoms with Gasteiger partial charge in [0.25, 0.3) is 5.91 Å². The Morgan fingerprint density at radius 2 is 2.00 bits per heavy atom. The third kappa shape index (κ3) is 4.89. The molecule has 0 aliphatic heterocycles. The van der Waals surface area contributed by atoms with Gasteiger partial charge in [-0.15, -0.1) is 0 Å². The Morgan fingerprint density at radius 3 is 2.53 bits per heavy atom. The Kier molecular flexibility index (Phi) is 4.16. The molecule has 0 unspecified atom stereocenters. The van der Waals surface area contributed by atoms with Gasteiger partial charge in [0.2, 0.25) is 0 Å². The highest BCUT2D eigenvalue weighted by Crippen LogP contribution is 2.14. The van der Waals surface area contributed by atoms with Gasteiger partial charge in [0, 0.05) is 5.54 Å². The lowest BCUT2D eigenvalue weighted by Crippen LogP contribution is -2.46. The normalized spacial score (nSPS) is 13.0. The molecule has 0 saturated heterocycles. The number of hydrogen-bond acceptors (Lipinski definition) is 2. The number of aryl methyl sites for hydroxylation is 1. The first-order chi connectivity index (χ1) is 7.78. The third-order valence-electron chi connectivity index (χ3n) is 2.17. The van der Waals surface area contributed by atoms with Crippen LogP contribution in [0, 0.1) is 6.92 Å². The molecule has 0 radical (unpaired) electrons. The summed E-state index contributed by atoms with van der Waals surface area (Å²) in [6, 6.07) is 7.68. The van der Waals surface area contributed by atoms with E-state index in [1.54, 1.807) is 6.92 Å². The van der Waals surface area contributed by atoms with Crippen molar-refractivity contribution in [3.63, 3.8) is 0 Å². The van der Waals surface area contributed by atoms with Crippen molar-refractivity contribution in [2.24, 2.45) is 0 Å². The predicted octanol–water partition coefficient (Wildman–Crippen LogP) is 2.68. The summed E-state index contributed by atoms with van der Waals surface area (Å²) in [5.74, 6) is 0.626. The van der Waals surface area contributed by atoms with Crippen molar-refractivity contribution in [3.8, 4) is 5.75 Å². The molecule has 1 N–H and O–H groups in total. The lowest BCUT2D eigenvalue weighted by molar-refractivity contribution is -0.128. The van der Waals surface area contributed by atoms with Crippen molar-refractivity contribution in [1.29, 1.82) is 0 Å². The zero-order valence-corrected chi connectivity index (χ0v) is 11.2. The SMILES string of the molecule is Cc1cccc(O[C@H](C)C(=O)NC(C)(C)C)c1. The van der Waals surface area contributed by atoms with Crippen molar-refractivity contribution in [3.05, 3.63) is 29.8 Å². The van der Waals surface area contributed by atoms with E-state index in [4.69, 9.17) is 4.74 Å². The lowest BCUT2D eigenvalue weighted by atomic mass is 10.1. The molecule has 0 aliphatic rings. The van der Waals surface area contributed by atoms with Crippen LogP contribution in [-0.4, -0.2) is 17.6 Å². The standard InChI is InChI=1S/C14H21NO2/c1-10-7-6-8-12(9-10)17-11(2)13(16)15-14(3,4)5/h6-9,11H,1-5H3,(H,15,16)/t11-/m1/s1. The highest BCUT2D eigenvalue weighted by Gasteiger charge is 2.20. The highest BCUT2D eigenvalue weighted by atomic mass is 16.5. The Bertz CT molecular complexity index is 393. The van der Waals surface area contributed by atoms with Crippen molar-refractivity contribution in [1.82, 2.24) is 5.32 Å². The molecule has 1 amide bonds. The zero-order chi connectivity index (χ0) is 13.1. The van der Waals surface area contributed by atoms with E-state index in [2.05, 4.69) is 5.32 Å². The number of hydrogen-bond donors (Lipinski definition) is 1. The van der Waals surface area contributed by atoms with Crippen molar-refractivity contribution < 1.29 is 9.53 Å². The maximum atomic E-state index is 11.8. The Hall–Kier alpha value is -1.51. The Balaban J connectivity index is 2.60. The minimum Gasteiger partial charge on any atom is -0.481 e. The maximum Gasteiger partial charge on any atom is 0.261 e. The van der Waals surface area contributed by atoms with Crippen LogP contribution in [0.5, 0.6) is 5.75 Å². The van der Waals surface area contributed by atoms with Crippen LogP contribution in [0.2, 0.25) is 0 Å². The van der Waals surface area contributed by atoms with Crippen LogP contribution in [0.3, 0.4) is 0 Å². The first-order valence-corrected chi connectivity index (χ1v) is 5.83. The third-order valence-corrected chi connectivity index (χ3v) is 2.17. The fraction of sp³-hybridized carbons (Fsp3) is 0.500. The van der Waals surface area contributed by atoms with Crippen molar-refractivity contribution >= 4 is 5.91 Å². The van der Waals surface area contributed by atoms with Gasteiger partial charge in [-0.05, 0) is 52.3 Å². The van der Waals surface area contributed by atoms with Crippen LogP contribution < -0.4 is 10.1 Å². The van der Waals surface area contributed by atoms with Gasteiger partial charge in [0.1, 0.15) is 5.75 Å². The molecule has 0 heterocycles. The van der Waals surface area contributed by atoms with Crippen LogP contribution in [-0.2, 0) is 4.79 Å². The second-order valence-electron chi connectivity index (χ2n) is 5.32. The quantitative estimate of drug-likeness (QED) is 0.874. The predicted molar refractivity (Wildman–Crippen MR) is 69.2 cm³/mol. The Morgan fingerprint density at radius 1 is 1.35 bits per heavy atom. The first-order valence-electron chi connectivity index (χ1n) is 5.83. The van der Waals surface area contributed by atoms with Crippen LogP contribution in [0.1, 0.15) is 33.3 Å². The van der Waals surface area contributed by atoms with E-state index in [0.29, 0.717) is 0 Å². The van der Waals surface area contributed by atoms with Crippen LogP contribution >= 0.6 is 0 Å². The largest absolute Gasteiger partial charge is 0.481 e. The van der Waals surface area contributed by atoms with Gasteiger partial charge >= 0.3 is 0 Å². The van der Waals surface area contributed by atoms with E-state index < -0.39 is 6.10 Å². The number of amides is 1. The number of rotatable bonds is 3. The second-order valence-corrected chi connectivity index (χ2v) is 5.32. The maximum absolute atomic E-state index is 11.8. The van der Waals surface area contributed by atoms with Gasteiger partial charge in [-0.3, -0.25) is 4.79 Å². The number of benzene rings is 1. The van der Waals surface area contributed by atoms with Gasteiger partial charge in [-0.2, -0.15) is 0 Å². The molecule has 1 rings (SSSR count). The van der Waals surface area contributed by atoms with Gasteiger partial charge in [-0.25, -0.2) is 0 Å². The fourth-order valence-electron chi connectivity index (χ4n) is 1.42. The first kappa shape index (κ1) is 13.6. The van der Waals surface area contributed by atoms with Gasteiger partial charge in [-0.1, -0.05) is 12.1 Å². The van der Waals surface area contributed by atoms with E-state index in [-0.39, 0.29) is 11.4 Å². The molecule has 0 aliphatic carbocycles. The van der Waals surface area contributed by atoms with E-state index in [1.807, 2.05) is 52.0 Å². The molecule has 0 saturated carbocycles. The molecule has 94 valence electrons. The number of nitrogens with one attached hydrogen (secondary N) is 1. The molecular weight excluding hydrogens is 214 g/mol. The summed E-state index contributed by atoms with van der Waals surface area (Å²) in [6.45, 7) is 9.59. The molecular formula is C14H21NO2. The molecule has 1 atom stereocenters. The fourth-order valence-corrected chi connectivity index (χ4v) is 1.42. The molecule has 1 aromatic rings. The summed E-state index contributed by atoms with van der Waals surface area (Å²) in [5, 5.41) is 2.89. The smallest absolute Gasteiger partial charge is 0.261 e. The van der Waals surface area contributed by atoms with E-state index in [9.17, 15) is 4.79 Å². The Labute approximate surface area is 103 Å². The highest BCUT2D eigenvalue weighted by molar-refractivity contribution is 5.81.